The van der Waals surface area contributed by atoms with Gasteiger partial charge < -0.3 is 14.5 Å². The molecule has 0 saturated carbocycles. The van der Waals surface area contributed by atoms with E-state index in [2.05, 4.69) is 25.4 Å². The third-order valence-electron chi connectivity index (χ3n) is 6.42. The number of fused-ring (bicyclic) bond motifs is 1. The summed E-state index contributed by atoms with van der Waals surface area (Å²) in [5.41, 5.74) is 3.32. The van der Waals surface area contributed by atoms with Crippen LogP contribution in [0.5, 0.6) is 0 Å². The average Bonchev–Trinajstić information content (AvgIpc) is 3.63. The maximum atomic E-state index is 14.8. The highest BCUT2D eigenvalue weighted by Gasteiger charge is 2.19. The van der Waals surface area contributed by atoms with Crippen LogP contribution in [-0.2, 0) is 4.74 Å². The predicted molar refractivity (Wildman–Crippen MR) is 133 cm³/mol. The molecule has 11 heteroatoms. The van der Waals surface area contributed by atoms with Crippen LogP contribution < -0.4 is 5.32 Å². The van der Waals surface area contributed by atoms with Gasteiger partial charge in [-0.25, -0.2) is 19.3 Å². The van der Waals surface area contributed by atoms with Crippen molar-refractivity contribution in [2.75, 3.05) is 18.5 Å². The molecule has 5 heterocycles. The van der Waals surface area contributed by atoms with Crippen molar-refractivity contribution in [1.82, 2.24) is 29.1 Å². The van der Waals surface area contributed by atoms with Crippen LogP contribution in [0.15, 0.2) is 53.6 Å². The molecule has 0 bridgehead atoms. The summed E-state index contributed by atoms with van der Waals surface area (Å²) in [4.78, 5) is 25.7. The third-order valence-corrected chi connectivity index (χ3v) is 6.42. The first-order valence-electron chi connectivity index (χ1n) is 12.0. The van der Waals surface area contributed by atoms with E-state index in [-0.39, 0.29) is 11.3 Å². The van der Waals surface area contributed by atoms with E-state index < -0.39 is 11.7 Å². The number of anilines is 1. The van der Waals surface area contributed by atoms with E-state index in [1.165, 1.54) is 18.2 Å². The van der Waals surface area contributed by atoms with Gasteiger partial charge in [-0.15, -0.1) is 0 Å². The first-order chi connectivity index (χ1) is 17.9. The summed E-state index contributed by atoms with van der Waals surface area (Å²) >= 11 is 0. The van der Waals surface area contributed by atoms with Crippen LogP contribution in [0.2, 0.25) is 0 Å². The molecule has 37 heavy (non-hydrogen) atoms. The Morgan fingerprint density at radius 1 is 1.08 bits per heavy atom. The number of hydrogen-bond donors (Lipinski definition) is 1. The molecule has 0 atom stereocenters. The maximum Gasteiger partial charge on any atom is 0.293 e. The standard InChI is InChI=1S/C26H24FN7O3/c1-15-24(37-16(2)30-15)25(35)31-19-3-4-22(27)21(9-19)23-14-33-12-17(10-28-26(33)32-23)18-11-29-34(13-18)20-5-7-36-8-6-20/h3-4,9-14,20H,5-8H2,1-2H3,(H,31,35). The molecule has 1 aliphatic rings. The Morgan fingerprint density at radius 3 is 2.68 bits per heavy atom. The quantitative estimate of drug-likeness (QED) is 0.374. The molecule has 188 valence electrons. The van der Waals surface area contributed by atoms with Crippen molar-refractivity contribution in [3.8, 4) is 22.4 Å². The van der Waals surface area contributed by atoms with Crippen LogP contribution >= 0.6 is 0 Å². The largest absolute Gasteiger partial charge is 0.436 e. The van der Waals surface area contributed by atoms with Gasteiger partial charge in [-0.05, 0) is 38.0 Å². The van der Waals surface area contributed by atoms with Gasteiger partial charge in [0.1, 0.15) is 5.82 Å². The number of ether oxygens (including phenoxy) is 1. The fraction of sp³-hybridized carbons (Fsp3) is 0.269. The molecule has 1 aromatic carbocycles. The van der Waals surface area contributed by atoms with Gasteiger partial charge in [-0.3, -0.25) is 13.9 Å². The van der Waals surface area contributed by atoms with Crippen LogP contribution in [0.25, 0.3) is 28.2 Å². The van der Waals surface area contributed by atoms with Crippen molar-refractivity contribution in [1.29, 1.82) is 0 Å². The maximum absolute atomic E-state index is 14.8. The van der Waals surface area contributed by atoms with Gasteiger partial charge in [0.15, 0.2) is 5.89 Å². The first kappa shape index (κ1) is 23.0. The normalized spacial score (nSPS) is 14.4. The van der Waals surface area contributed by atoms with Gasteiger partial charge in [0.05, 0.1) is 23.6 Å². The summed E-state index contributed by atoms with van der Waals surface area (Å²) in [5.74, 6) is 0.0180. The number of amides is 1. The molecule has 1 saturated heterocycles. The average molecular weight is 502 g/mol. The molecule has 0 spiro atoms. The van der Waals surface area contributed by atoms with Crippen molar-refractivity contribution in [3.63, 3.8) is 0 Å². The van der Waals surface area contributed by atoms with Crippen LogP contribution in [0.1, 0.15) is 41.0 Å². The lowest BCUT2D eigenvalue weighted by Crippen LogP contribution is -2.19. The molecular formula is C26H24FN7O3. The minimum Gasteiger partial charge on any atom is -0.436 e. The second-order valence-corrected chi connectivity index (χ2v) is 9.02. The highest BCUT2D eigenvalue weighted by molar-refractivity contribution is 6.03. The minimum atomic E-state index is -0.467. The molecule has 5 aromatic rings. The van der Waals surface area contributed by atoms with E-state index >= 15 is 0 Å². The summed E-state index contributed by atoms with van der Waals surface area (Å²) in [7, 11) is 0. The fourth-order valence-electron chi connectivity index (χ4n) is 4.53. The minimum absolute atomic E-state index is 0.118. The number of imidazole rings is 1. The zero-order valence-corrected chi connectivity index (χ0v) is 20.3. The predicted octanol–water partition coefficient (Wildman–Crippen LogP) is 4.61. The molecule has 4 aromatic heterocycles. The van der Waals surface area contributed by atoms with Crippen molar-refractivity contribution >= 4 is 17.4 Å². The van der Waals surface area contributed by atoms with Crippen LogP contribution in [0.3, 0.4) is 0 Å². The highest BCUT2D eigenvalue weighted by Crippen LogP contribution is 2.28. The van der Waals surface area contributed by atoms with Crippen LogP contribution in [-0.4, -0.2) is 48.3 Å². The number of hydrogen-bond acceptors (Lipinski definition) is 7. The summed E-state index contributed by atoms with van der Waals surface area (Å²) in [6.07, 6.45) is 11.0. The number of carbonyl (C=O) groups excluding carboxylic acids is 1. The van der Waals surface area contributed by atoms with Crippen LogP contribution in [0.4, 0.5) is 10.1 Å². The van der Waals surface area contributed by atoms with Gasteiger partial charge in [0.25, 0.3) is 5.91 Å². The molecule has 0 aliphatic carbocycles. The number of oxazole rings is 1. The number of nitrogens with one attached hydrogen (secondary N) is 1. The molecule has 1 aliphatic heterocycles. The molecule has 1 amide bonds. The van der Waals surface area contributed by atoms with Gasteiger partial charge >= 0.3 is 0 Å². The lowest BCUT2D eigenvalue weighted by Gasteiger charge is -2.22. The van der Waals surface area contributed by atoms with Crippen molar-refractivity contribution in [3.05, 3.63) is 72.3 Å². The van der Waals surface area contributed by atoms with Gasteiger partial charge in [0.2, 0.25) is 11.5 Å². The van der Waals surface area contributed by atoms with E-state index in [9.17, 15) is 9.18 Å². The Bertz CT molecular complexity index is 1610. The fourth-order valence-corrected chi connectivity index (χ4v) is 4.53. The van der Waals surface area contributed by atoms with Gasteiger partial charge in [-0.2, -0.15) is 5.10 Å². The summed E-state index contributed by atoms with van der Waals surface area (Å²) in [6.45, 7) is 4.84. The SMILES string of the molecule is Cc1nc(C)c(C(=O)Nc2ccc(F)c(-c3cn4cc(-c5cnn(C6CCOCC6)c5)cnc4n3)c2)o1. The summed E-state index contributed by atoms with van der Waals surface area (Å²) in [5, 5.41) is 7.27. The summed E-state index contributed by atoms with van der Waals surface area (Å²) in [6, 6.07) is 4.63. The Morgan fingerprint density at radius 2 is 1.89 bits per heavy atom. The summed E-state index contributed by atoms with van der Waals surface area (Å²) < 4.78 is 29.4. The van der Waals surface area contributed by atoms with E-state index in [1.807, 2.05) is 23.3 Å². The second-order valence-electron chi connectivity index (χ2n) is 9.02. The number of halogens is 1. The smallest absolute Gasteiger partial charge is 0.293 e. The molecule has 0 radical (unpaired) electrons. The number of carbonyl (C=O) groups is 1. The van der Waals surface area contributed by atoms with Crippen molar-refractivity contribution < 1.29 is 18.3 Å². The third kappa shape index (κ3) is 4.49. The highest BCUT2D eigenvalue weighted by atomic mass is 19.1. The van der Waals surface area contributed by atoms with E-state index in [0.29, 0.717) is 34.8 Å². The van der Waals surface area contributed by atoms with E-state index in [1.54, 1.807) is 30.6 Å². The molecule has 1 fully saturated rings. The lowest BCUT2D eigenvalue weighted by molar-refractivity contribution is 0.0662. The Balaban J connectivity index is 1.27. The Kier molecular flexibility index (Phi) is 5.76. The molecule has 0 unspecified atom stereocenters. The van der Waals surface area contributed by atoms with Gasteiger partial charge in [-0.1, -0.05) is 0 Å². The Labute approximate surface area is 211 Å². The number of aromatic nitrogens is 6. The second kappa shape index (κ2) is 9.25. The Hall–Kier alpha value is -4.38. The number of rotatable bonds is 5. The zero-order valence-electron chi connectivity index (χ0n) is 20.3. The van der Waals surface area contributed by atoms with Crippen molar-refractivity contribution in [2.45, 2.75) is 32.7 Å². The monoisotopic (exact) mass is 501 g/mol. The number of nitrogens with zero attached hydrogens (tertiary/aromatic N) is 6. The van der Waals surface area contributed by atoms with E-state index in [4.69, 9.17) is 9.15 Å². The van der Waals surface area contributed by atoms with Crippen molar-refractivity contribution in [2.24, 2.45) is 0 Å². The first-order valence-corrected chi connectivity index (χ1v) is 12.0. The topological polar surface area (TPSA) is 112 Å². The molecule has 10 nitrogen and oxygen atoms in total. The van der Waals surface area contributed by atoms with Crippen LogP contribution in [0, 0.1) is 19.7 Å². The molecule has 1 N–H and O–H groups in total. The number of benzene rings is 1. The zero-order chi connectivity index (χ0) is 25.5. The van der Waals surface area contributed by atoms with E-state index in [0.717, 1.165) is 37.2 Å². The molecule has 6 rings (SSSR count). The lowest BCUT2D eigenvalue weighted by atomic mass is 10.1. The molecular weight excluding hydrogens is 477 g/mol. The van der Waals surface area contributed by atoms with Gasteiger partial charge in [0, 0.05) is 67.3 Å². The number of aryl methyl sites for hydroxylation is 2.